The van der Waals surface area contributed by atoms with Gasteiger partial charge < -0.3 is 19.5 Å². The normalized spacial score (nSPS) is 17.8. The third kappa shape index (κ3) is 3.39. The van der Waals surface area contributed by atoms with Crippen molar-refractivity contribution in [1.29, 1.82) is 0 Å². The van der Waals surface area contributed by atoms with Crippen LogP contribution in [0.4, 0.5) is 0 Å². The standard InChI is InChI=1S/C18H25N3O3/c1-20-11-8-19-18(20)17(23)13-6-9-21(10-7-13)12-14-4-3-5-15(24-2)16(14)22/h3-5,8,11,13,17,22-23H,6-7,9-10,12H2,1-2H3. The van der Waals surface area contributed by atoms with Crippen LogP contribution in [0.15, 0.2) is 30.6 Å². The Bertz CT molecular complexity index is 678. The number of ether oxygens (including phenoxy) is 1. The summed E-state index contributed by atoms with van der Waals surface area (Å²) < 4.78 is 7.05. The van der Waals surface area contributed by atoms with E-state index in [1.54, 1.807) is 19.4 Å². The molecule has 1 saturated heterocycles. The van der Waals surface area contributed by atoms with Crippen LogP contribution in [0.2, 0.25) is 0 Å². The van der Waals surface area contributed by atoms with Gasteiger partial charge in [0.1, 0.15) is 11.9 Å². The van der Waals surface area contributed by atoms with Crippen LogP contribution < -0.4 is 4.74 Å². The van der Waals surface area contributed by atoms with Crippen LogP contribution in [0.3, 0.4) is 0 Å². The van der Waals surface area contributed by atoms with Gasteiger partial charge in [0.25, 0.3) is 0 Å². The highest BCUT2D eigenvalue weighted by Gasteiger charge is 2.28. The van der Waals surface area contributed by atoms with Crippen molar-refractivity contribution in [2.75, 3.05) is 20.2 Å². The molecule has 3 rings (SSSR count). The number of rotatable bonds is 5. The molecule has 2 aromatic rings. The summed E-state index contributed by atoms with van der Waals surface area (Å²) in [5.74, 6) is 1.68. The lowest BCUT2D eigenvalue weighted by atomic mass is 9.90. The van der Waals surface area contributed by atoms with E-state index in [2.05, 4.69) is 9.88 Å². The van der Waals surface area contributed by atoms with Gasteiger partial charge in [-0.1, -0.05) is 12.1 Å². The van der Waals surface area contributed by atoms with E-state index in [0.29, 0.717) is 12.3 Å². The molecule has 0 spiro atoms. The lowest BCUT2D eigenvalue weighted by molar-refractivity contribution is 0.0490. The average Bonchev–Trinajstić information content (AvgIpc) is 3.03. The Hall–Kier alpha value is -2.05. The van der Waals surface area contributed by atoms with E-state index in [4.69, 9.17) is 4.74 Å². The molecule has 1 aliphatic rings. The third-order valence-electron chi connectivity index (χ3n) is 4.90. The zero-order valence-electron chi connectivity index (χ0n) is 14.2. The SMILES string of the molecule is COc1cccc(CN2CCC(C(O)c3nccn3C)CC2)c1O. The van der Waals surface area contributed by atoms with E-state index < -0.39 is 6.10 Å². The van der Waals surface area contributed by atoms with Crippen LogP contribution in [0.25, 0.3) is 0 Å². The lowest BCUT2D eigenvalue weighted by Gasteiger charge is -2.34. The second-order valence-electron chi connectivity index (χ2n) is 6.42. The number of aliphatic hydroxyl groups excluding tert-OH is 1. The van der Waals surface area contributed by atoms with Crippen LogP contribution in [0, 0.1) is 5.92 Å². The van der Waals surface area contributed by atoms with Gasteiger partial charge >= 0.3 is 0 Å². The first-order chi connectivity index (χ1) is 11.6. The summed E-state index contributed by atoms with van der Waals surface area (Å²) in [7, 11) is 3.47. The number of phenols is 1. The van der Waals surface area contributed by atoms with Gasteiger partial charge in [-0.2, -0.15) is 0 Å². The number of hydrogen-bond acceptors (Lipinski definition) is 5. The van der Waals surface area contributed by atoms with Crippen LogP contribution >= 0.6 is 0 Å². The molecule has 1 fully saturated rings. The predicted octanol–water partition coefficient (Wildman–Crippen LogP) is 2.08. The van der Waals surface area contributed by atoms with Gasteiger partial charge in [0.05, 0.1) is 7.11 Å². The minimum absolute atomic E-state index is 0.218. The number of likely N-dealkylation sites (tertiary alicyclic amines) is 1. The van der Waals surface area contributed by atoms with Crippen molar-refractivity contribution >= 4 is 0 Å². The number of benzene rings is 1. The fourth-order valence-electron chi connectivity index (χ4n) is 3.40. The number of imidazole rings is 1. The van der Waals surface area contributed by atoms with Crippen molar-refractivity contribution in [3.63, 3.8) is 0 Å². The van der Waals surface area contributed by atoms with Crippen LogP contribution in [0.1, 0.15) is 30.3 Å². The van der Waals surface area contributed by atoms with Crippen molar-refractivity contribution in [2.45, 2.75) is 25.5 Å². The Morgan fingerprint density at radius 1 is 1.33 bits per heavy atom. The average molecular weight is 331 g/mol. The lowest BCUT2D eigenvalue weighted by Crippen LogP contribution is -2.35. The first-order valence-electron chi connectivity index (χ1n) is 8.32. The summed E-state index contributed by atoms with van der Waals surface area (Å²) >= 11 is 0. The second kappa shape index (κ2) is 7.23. The molecule has 0 aliphatic carbocycles. The Labute approximate surface area is 142 Å². The maximum Gasteiger partial charge on any atom is 0.162 e. The van der Waals surface area contributed by atoms with E-state index in [-0.39, 0.29) is 11.7 Å². The Balaban J connectivity index is 1.59. The summed E-state index contributed by atoms with van der Waals surface area (Å²) in [5, 5.41) is 20.8. The van der Waals surface area contributed by atoms with Gasteiger partial charge in [-0.05, 0) is 37.9 Å². The van der Waals surface area contributed by atoms with Crippen molar-refractivity contribution in [3.05, 3.63) is 42.0 Å². The van der Waals surface area contributed by atoms with Crippen LogP contribution in [-0.2, 0) is 13.6 Å². The number of phenolic OH excluding ortho intramolecular Hbond substituents is 1. The predicted molar refractivity (Wildman–Crippen MR) is 90.8 cm³/mol. The molecule has 0 amide bonds. The van der Waals surface area contributed by atoms with Gasteiger partial charge in [0, 0.05) is 31.5 Å². The highest BCUT2D eigenvalue weighted by molar-refractivity contribution is 5.45. The van der Waals surface area contributed by atoms with Crippen LogP contribution in [0.5, 0.6) is 11.5 Å². The minimum Gasteiger partial charge on any atom is -0.504 e. The number of nitrogens with zero attached hydrogens (tertiary/aromatic N) is 3. The molecule has 2 heterocycles. The number of para-hydroxylation sites is 1. The van der Waals surface area contributed by atoms with E-state index in [0.717, 1.165) is 37.3 Å². The van der Waals surface area contributed by atoms with Gasteiger partial charge in [-0.25, -0.2) is 4.98 Å². The molecule has 6 heteroatoms. The van der Waals surface area contributed by atoms with E-state index in [1.165, 1.54) is 0 Å². The molecule has 1 aliphatic heterocycles. The summed E-state index contributed by atoms with van der Waals surface area (Å²) in [5.41, 5.74) is 0.873. The molecule has 1 aromatic carbocycles. The van der Waals surface area contributed by atoms with Gasteiger partial charge in [0.15, 0.2) is 11.5 Å². The molecule has 2 N–H and O–H groups in total. The Morgan fingerprint density at radius 3 is 2.71 bits per heavy atom. The zero-order chi connectivity index (χ0) is 17.1. The monoisotopic (exact) mass is 331 g/mol. The molecule has 0 radical (unpaired) electrons. The van der Waals surface area contributed by atoms with Crippen molar-refractivity contribution in [1.82, 2.24) is 14.5 Å². The smallest absolute Gasteiger partial charge is 0.162 e. The molecule has 0 saturated carbocycles. The maximum atomic E-state index is 10.5. The van der Waals surface area contributed by atoms with E-state index in [9.17, 15) is 10.2 Å². The highest BCUT2D eigenvalue weighted by Crippen LogP contribution is 2.33. The summed E-state index contributed by atoms with van der Waals surface area (Å²) in [6, 6.07) is 5.58. The second-order valence-corrected chi connectivity index (χ2v) is 6.42. The molecule has 1 atom stereocenters. The fourth-order valence-corrected chi connectivity index (χ4v) is 3.40. The fraction of sp³-hybridized carbons (Fsp3) is 0.500. The molecule has 1 unspecified atom stereocenters. The van der Waals surface area contributed by atoms with E-state index >= 15 is 0 Å². The molecular formula is C18H25N3O3. The first-order valence-corrected chi connectivity index (χ1v) is 8.32. The Morgan fingerprint density at radius 2 is 2.08 bits per heavy atom. The van der Waals surface area contributed by atoms with Gasteiger partial charge in [-0.3, -0.25) is 4.90 Å². The van der Waals surface area contributed by atoms with Gasteiger partial charge in [-0.15, -0.1) is 0 Å². The molecule has 130 valence electrons. The minimum atomic E-state index is -0.516. The molecule has 0 bridgehead atoms. The van der Waals surface area contributed by atoms with Crippen molar-refractivity contribution < 1.29 is 14.9 Å². The summed E-state index contributed by atoms with van der Waals surface area (Å²) in [4.78, 5) is 6.56. The molecule has 24 heavy (non-hydrogen) atoms. The number of methoxy groups -OCH3 is 1. The number of aliphatic hydroxyl groups is 1. The number of aryl methyl sites for hydroxylation is 1. The summed E-state index contributed by atoms with van der Waals surface area (Å²) in [6.07, 6.45) is 4.90. The topological polar surface area (TPSA) is 70.8 Å². The number of hydrogen-bond donors (Lipinski definition) is 2. The quantitative estimate of drug-likeness (QED) is 0.878. The first kappa shape index (κ1) is 16.8. The number of piperidine rings is 1. The number of aromatic nitrogens is 2. The highest BCUT2D eigenvalue weighted by atomic mass is 16.5. The van der Waals surface area contributed by atoms with Crippen molar-refractivity contribution in [3.8, 4) is 11.5 Å². The molecule has 1 aromatic heterocycles. The number of aromatic hydroxyl groups is 1. The third-order valence-corrected chi connectivity index (χ3v) is 4.90. The van der Waals surface area contributed by atoms with E-state index in [1.807, 2.05) is 29.9 Å². The summed E-state index contributed by atoms with van der Waals surface area (Å²) in [6.45, 7) is 2.47. The van der Waals surface area contributed by atoms with Gasteiger partial charge in [0.2, 0.25) is 0 Å². The molecule has 6 nitrogen and oxygen atoms in total. The van der Waals surface area contributed by atoms with Crippen molar-refractivity contribution in [2.24, 2.45) is 13.0 Å². The zero-order valence-corrected chi connectivity index (χ0v) is 14.2. The molecular weight excluding hydrogens is 306 g/mol. The largest absolute Gasteiger partial charge is 0.504 e. The van der Waals surface area contributed by atoms with Crippen LogP contribution in [-0.4, -0.2) is 44.9 Å². The maximum absolute atomic E-state index is 10.5. The Kier molecular flexibility index (Phi) is 5.06.